The lowest BCUT2D eigenvalue weighted by molar-refractivity contribution is 0.0292. The summed E-state index contributed by atoms with van der Waals surface area (Å²) in [5.74, 6) is 0.106. The minimum Gasteiger partial charge on any atom is -0.493 e. The number of carbonyl (C=O) groups excluding carboxylic acids is 1. The first kappa shape index (κ1) is 17.8. The van der Waals surface area contributed by atoms with Crippen molar-refractivity contribution in [2.45, 2.75) is 32.8 Å². The zero-order valence-corrected chi connectivity index (χ0v) is 14.4. The second kappa shape index (κ2) is 7.64. The predicted molar refractivity (Wildman–Crippen MR) is 83.1 cm³/mol. The summed E-state index contributed by atoms with van der Waals surface area (Å²) < 4.78 is 24.4. The highest BCUT2D eigenvalue weighted by atomic mass is 79.9. The Kier molecular flexibility index (Phi) is 6.45. The van der Waals surface area contributed by atoms with Crippen molar-refractivity contribution in [2.24, 2.45) is 0 Å². The molecule has 0 saturated heterocycles. The summed E-state index contributed by atoms with van der Waals surface area (Å²) in [7, 11) is 1.67. The SMILES string of the molecule is CN(CCCOc1ccc(Br)c(F)c1)C(=O)OC(C)(C)C. The molecule has 0 spiro atoms. The molecular formula is C15H21BrFNO3. The van der Waals surface area contributed by atoms with Crippen LogP contribution in [0, 0.1) is 5.82 Å². The Morgan fingerprint density at radius 3 is 2.62 bits per heavy atom. The van der Waals surface area contributed by atoms with Gasteiger partial charge in [-0.3, -0.25) is 0 Å². The van der Waals surface area contributed by atoms with Crippen LogP contribution < -0.4 is 4.74 Å². The monoisotopic (exact) mass is 361 g/mol. The molecule has 0 aliphatic carbocycles. The van der Waals surface area contributed by atoms with Crippen LogP contribution >= 0.6 is 15.9 Å². The third kappa shape index (κ3) is 6.80. The average molecular weight is 362 g/mol. The Labute approximate surface area is 133 Å². The van der Waals surface area contributed by atoms with E-state index in [9.17, 15) is 9.18 Å². The molecule has 4 nitrogen and oxygen atoms in total. The first-order valence-electron chi connectivity index (χ1n) is 6.71. The van der Waals surface area contributed by atoms with Gasteiger partial charge in [0.1, 0.15) is 17.2 Å². The molecule has 0 radical (unpaired) electrons. The molecule has 0 saturated carbocycles. The van der Waals surface area contributed by atoms with Gasteiger partial charge >= 0.3 is 6.09 Å². The normalized spacial score (nSPS) is 11.1. The van der Waals surface area contributed by atoms with E-state index in [1.807, 2.05) is 20.8 Å². The van der Waals surface area contributed by atoms with Crippen LogP contribution in [0.3, 0.4) is 0 Å². The van der Waals surface area contributed by atoms with E-state index in [0.717, 1.165) is 0 Å². The average Bonchev–Trinajstić information content (AvgIpc) is 2.36. The van der Waals surface area contributed by atoms with E-state index < -0.39 is 5.60 Å². The number of nitrogens with zero attached hydrogens (tertiary/aromatic N) is 1. The van der Waals surface area contributed by atoms with Gasteiger partial charge in [-0.25, -0.2) is 9.18 Å². The van der Waals surface area contributed by atoms with Crippen molar-refractivity contribution in [1.82, 2.24) is 4.90 Å². The van der Waals surface area contributed by atoms with Gasteiger partial charge in [0.25, 0.3) is 0 Å². The van der Waals surface area contributed by atoms with Crippen molar-refractivity contribution >= 4 is 22.0 Å². The number of amides is 1. The number of hydrogen-bond donors (Lipinski definition) is 0. The van der Waals surface area contributed by atoms with Gasteiger partial charge in [0.05, 0.1) is 11.1 Å². The van der Waals surface area contributed by atoms with Crippen LogP contribution in [0.15, 0.2) is 22.7 Å². The molecule has 1 aromatic rings. The molecule has 1 aromatic carbocycles. The molecule has 1 rings (SSSR count). The number of rotatable bonds is 5. The van der Waals surface area contributed by atoms with Gasteiger partial charge < -0.3 is 14.4 Å². The van der Waals surface area contributed by atoms with Crippen molar-refractivity contribution in [1.29, 1.82) is 0 Å². The van der Waals surface area contributed by atoms with Crippen molar-refractivity contribution < 1.29 is 18.7 Å². The molecule has 0 bridgehead atoms. The third-order valence-corrected chi connectivity index (χ3v) is 3.15. The summed E-state index contributed by atoms with van der Waals surface area (Å²) in [5.41, 5.74) is -0.503. The Bertz CT molecular complexity index is 488. The smallest absolute Gasteiger partial charge is 0.410 e. The second-order valence-electron chi connectivity index (χ2n) is 5.68. The van der Waals surface area contributed by atoms with Crippen LogP contribution in [-0.2, 0) is 4.74 Å². The Balaban J connectivity index is 2.30. The summed E-state index contributed by atoms with van der Waals surface area (Å²) in [6.07, 6.45) is 0.269. The van der Waals surface area contributed by atoms with E-state index in [4.69, 9.17) is 9.47 Å². The van der Waals surface area contributed by atoms with Gasteiger partial charge in [0.2, 0.25) is 0 Å². The summed E-state index contributed by atoms with van der Waals surface area (Å²) in [6.45, 7) is 6.37. The van der Waals surface area contributed by atoms with Crippen LogP contribution in [0.25, 0.3) is 0 Å². The minimum atomic E-state index is -0.503. The number of halogens is 2. The van der Waals surface area contributed by atoms with E-state index in [1.54, 1.807) is 19.2 Å². The highest BCUT2D eigenvalue weighted by Crippen LogP contribution is 2.21. The van der Waals surface area contributed by atoms with Crippen molar-refractivity contribution in [3.8, 4) is 5.75 Å². The second-order valence-corrected chi connectivity index (χ2v) is 6.53. The van der Waals surface area contributed by atoms with E-state index in [-0.39, 0.29) is 11.9 Å². The number of benzene rings is 1. The predicted octanol–water partition coefficient (Wildman–Crippen LogP) is 4.22. The molecule has 0 aliphatic rings. The minimum absolute atomic E-state index is 0.363. The summed E-state index contributed by atoms with van der Waals surface area (Å²) in [4.78, 5) is 13.2. The van der Waals surface area contributed by atoms with E-state index in [0.29, 0.717) is 29.8 Å². The molecule has 0 aromatic heterocycles. The molecule has 118 valence electrons. The molecule has 6 heteroatoms. The van der Waals surface area contributed by atoms with Gasteiger partial charge in [-0.05, 0) is 55.3 Å². The van der Waals surface area contributed by atoms with Gasteiger partial charge in [-0.1, -0.05) is 0 Å². The van der Waals surface area contributed by atoms with Crippen LogP contribution in [-0.4, -0.2) is 36.8 Å². The van der Waals surface area contributed by atoms with E-state index >= 15 is 0 Å². The highest BCUT2D eigenvalue weighted by Gasteiger charge is 2.19. The van der Waals surface area contributed by atoms with E-state index in [2.05, 4.69) is 15.9 Å². The Hall–Kier alpha value is -1.30. The van der Waals surface area contributed by atoms with E-state index in [1.165, 1.54) is 11.0 Å². The maximum atomic E-state index is 13.3. The lowest BCUT2D eigenvalue weighted by Crippen LogP contribution is -2.35. The fraction of sp³-hybridized carbons (Fsp3) is 0.533. The number of carbonyl (C=O) groups is 1. The van der Waals surface area contributed by atoms with Gasteiger partial charge in [0.15, 0.2) is 0 Å². The summed E-state index contributed by atoms with van der Waals surface area (Å²) >= 11 is 3.08. The van der Waals surface area contributed by atoms with Crippen molar-refractivity contribution in [2.75, 3.05) is 20.2 Å². The lowest BCUT2D eigenvalue weighted by Gasteiger charge is -2.24. The Morgan fingerprint density at radius 1 is 1.38 bits per heavy atom. The summed E-state index contributed by atoms with van der Waals surface area (Å²) in [5, 5.41) is 0. The first-order valence-corrected chi connectivity index (χ1v) is 7.50. The largest absolute Gasteiger partial charge is 0.493 e. The van der Waals surface area contributed by atoms with Gasteiger partial charge in [-0.2, -0.15) is 0 Å². The molecule has 0 aliphatic heterocycles. The fourth-order valence-corrected chi connectivity index (χ4v) is 1.74. The molecular weight excluding hydrogens is 341 g/mol. The van der Waals surface area contributed by atoms with Gasteiger partial charge in [-0.15, -0.1) is 0 Å². The highest BCUT2D eigenvalue weighted by molar-refractivity contribution is 9.10. The standard InChI is InChI=1S/C15H21BrFNO3/c1-15(2,3)21-14(19)18(4)8-5-9-20-11-6-7-12(16)13(17)10-11/h6-7,10H,5,8-9H2,1-4H3. The van der Waals surface area contributed by atoms with Crippen LogP contribution in [0.1, 0.15) is 27.2 Å². The first-order chi connectivity index (χ1) is 9.69. The summed E-state index contributed by atoms with van der Waals surface area (Å²) in [6, 6.07) is 4.60. The fourth-order valence-electron chi connectivity index (χ4n) is 1.49. The number of hydrogen-bond acceptors (Lipinski definition) is 3. The quantitative estimate of drug-likeness (QED) is 0.736. The van der Waals surface area contributed by atoms with Crippen LogP contribution in [0.5, 0.6) is 5.75 Å². The third-order valence-electron chi connectivity index (χ3n) is 2.50. The zero-order valence-electron chi connectivity index (χ0n) is 12.8. The van der Waals surface area contributed by atoms with Crippen molar-refractivity contribution in [3.63, 3.8) is 0 Å². The molecule has 21 heavy (non-hydrogen) atoms. The maximum Gasteiger partial charge on any atom is 0.410 e. The molecule has 0 unspecified atom stereocenters. The Morgan fingerprint density at radius 2 is 2.05 bits per heavy atom. The topological polar surface area (TPSA) is 38.8 Å². The molecule has 0 atom stereocenters. The molecule has 0 N–H and O–H groups in total. The molecule has 0 heterocycles. The number of ether oxygens (including phenoxy) is 2. The lowest BCUT2D eigenvalue weighted by atomic mass is 10.2. The molecule has 1 amide bonds. The molecule has 0 fully saturated rings. The van der Waals surface area contributed by atoms with Gasteiger partial charge in [0, 0.05) is 19.7 Å². The zero-order chi connectivity index (χ0) is 16.0. The maximum absolute atomic E-state index is 13.3. The van der Waals surface area contributed by atoms with Crippen molar-refractivity contribution in [3.05, 3.63) is 28.5 Å². The van der Waals surface area contributed by atoms with Crippen LogP contribution in [0.4, 0.5) is 9.18 Å². The van der Waals surface area contributed by atoms with Crippen LogP contribution in [0.2, 0.25) is 0 Å².